The van der Waals surface area contributed by atoms with E-state index in [1.165, 1.54) is 5.56 Å². The van der Waals surface area contributed by atoms with Crippen LogP contribution in [-0.2, 0) is 11.3 Å². The molecule has 1 unspecified atom stereocenters. The van der Waals surface area contributed by atoms with Crippen molar-refractivity contribution in [3.8, 4) is 0 Å². The number of rotatable bonds is 10. The average Bonchev–Trinajstić information content (AvgIpc) is 2.51. The van der Waals surface area contributed by atoms with Crippen molar-refractivity contribution >= 4 is 5.91 Å². The Hall–Kier alpha value is -1.39. The molecule has 0 saturated carbocycles. The Morgan fingerprint density at radius 3 is 2.62 bits per heavy atom. The number of amides is 1. The molecule has 4 heteroatoms. The molecule has 1 atom stereocenters. The van der Waals surface area contributed by atoms with Gasteiger partial charge in [0, 0.05) is 19.6 Å². The molecule has 21 heavy (non-hydrogen) atoms. The third-order valence-electron chi connectivity index (χ3n) is 3.63. The van der Waals surface area contributed by atoms with Gasteiger partial charge in [0.1, 0.15) is 0 Å². The minimum absolute atomic E-state index is 0.108. The molecule has 0 aliphatic heterocycles. The van der Waals surface area contributed by atoms with Crippen LogP contribution in [0.15, 0.2) is 30.3 Å². The molecular formula is C17H29N3O. The van der Waals surface area contributed by atoms with E-state index in [4.69, 9.17) is 5.73 Å². The monoisotopic (exact) mass is 291 g/mol. The smallest absolute Gasteiger partial charge is 0.237 e. The minimum atomic E-state index is -0.131. The molecule has 4 nitrogen and oxygen atoms in total. The molecular weight excluding hydrogens is 262 g/mol. The SMILES string of the molecule is CCCCNC(=O)C(C)N(CCCN)Cc1ccccc1. The fraction of sp³-hybridized carbons (Fsp3) is 0.588. The quantitative estimate of drug-likeness (QED) is 0.649. The highest BCUT2D eigenvalue weighted by molar-refractivity contribution is 5.81. The Morgan fingerprint density at radius 1 is 1.29 bits per heavy atom. The normalized spacial score (nSPS) is 12.4. The zero-order valence-electron chi connectivity index (χ0n) is 13.3. The van der Waals surface area contributed by atoms with Crippen molar-refractivity contribution in [2.75, 3.05) is 19.6 Å². The van der Waals surface area contributed by atoms with E-state index in [-0.39, 0.29) is 11.9 Å². The van der Waals surface area contributed by atoms with Crippen molar-refractivity contribution in [1.29, 1.82) is 0 Å². The highest BCUT2D eigenvalue weighted by Gasteiger charge is 2.20. The van der Waals surface area contributed by atoms with E-state index in [1.54, 1.807) is 0 Å². The molecule has 0 heterocycles. The van der Waals surface area contributed by atoms with Gasteiger partial charge >= 0.3 is 0 Å². The first-order valence-electron chi connectivity index (χ1n) is 7.94. The lowest BCUT2D eigenvalue weighted by Gasteiger charge is -2.28. The molecule has 0 spiro atoms. The lowest BCUT2D eigenvalue weighted by atomic mass is 10.1. The zero-order valence-corrected chi connectivity index (χ0v) is 13.3. The van der Waals surface area contributed by atoms with Crippen molar-refractivity contribution in [1.82, 2.24) is 10.2 Å². The number of nitrogens with one attached hydrogen (secondary N) is 1. The molecule has 1 amide bonds. The molecule has 0 radical (unpaired) electrons. The van der Waals surface area contributed by atoms with Gasteiger partial charge in [-0.25, -0.2) is 0 Å². The molecule has 0 aliphatic rings. The predicted molar refractivity (Wildman–Crippen MR) is 87.9 cm³/mol. The maximum atomic E-state index is 12.2. The van der Waals surface area contributed by atoms with Crippen LogP contribution in [0.2, 0.25) is 0 Å². The first-order chi connectivity index (χ1) is 10.2. The van der Waals surface area contributed by atoms with Crippen molar-refractivity contribution < 1.29 is 4.79 Å². The fourth-order valence-electron chi connectivity index (χ4n) is 2.22. The number of benzene rings is 1. The van der Waals surface area contributed by atoms with Gasteiger partial charge in [0.05, 0.1) is 6.04 Å². The first-order valence-corrected chi connectivity index (χ1v) is 7.94. The number of carbonyl (C=O) groups excluding carboxylic acids is 1. The van der Waals surface area contributed by atoms with E-state index in [9.17, 15) is 4.79 Å². The number of unbranched alkanes of at least 4 members (excludes halogenated alkanes) is 1. The second kappa shape index (κ2) is 10.4. The molecule has 1 aromatic rings. The summed E-state index contributed by atoms with van der Waals surface area (Å²) >= 11 is 0. The van der Waals surface area contributed by atoms with E-state index >= 15 is 0 Å². The molecule has 0 bridgehead atoms. The summed E-state index contributed by atoms with van der Waals surface area (Å²) in [6.07, 6.45) is 3.02. The van der Waals surface area contributed by atoms with Crippen LogP contribution in [0.3, 0.4) is 0 Å². The number of hydrogen-bond donors (Lipinski definition) is 2. The number of hydrogen-bond acceptors (Lipinski definition) is 3. The van der Waals surface area contributed by atoms with Crippen molar-refractivity contribution in [2.24, 2.45) is 5.73 Å². The van der Waals surface area contributed by atoms with Crippen LogP contribution in [0.5, 0.6) is 0 Å². The molecule has 0 saturated heterocycles. The molecule has 1 aromatic carbocycles. The van der Waals surface area contributed by atoms with Gasteiger partial charge in [-0.3, -0.25) is 9.69 Å². The summed E-state index contributed by atoms with van der Waals surface area (Å²) in [5, 5.41) is 3.01. The predicted octanol–water partition coefficient (Wildman–Crippen LogP) is 2.14. The van der Waals surface area contributed by atoms with Gasteiger partial charge in [-0.2, -0.15) is 0 Å². The minimum Gasteiger partial charge on any atom is -0.355 e. The van der Waals surface area contributed by atoms with Crippen LogP contribution in [0.1, 0.15) is 38.7 Å². The van der Waals surface area contributed by atoms with Crippen molar-refractivity contribution in [2.45, 2.75) is 45.7 Å². The molecule has 1 rings (SSSR count). The van der Waals surface area contributed by atoms with Gasteiger partial charge in [-0.05, 0) is 31.9 Å². The summed E-state index contributed by atoms with van der Waals surface area (Å²) in [5.74, 6) is 0.108. The average molecular weight is 291 g/mol. The standard InChI is InChI=1S/C17H29N3O/c1-3-4-12-19-17(21)15(2)20(13-8-11-18)14-16-9-6-5-7-10-16/h5-7,9-10,15H,3-4,8,11-14,18H2,1-2H3,(H,19,21). The molecule has 0 aromatic heterocycles. The van der Waals surface area contributed by atoms with Gasteiger partial charge in [0.2, 0.25) is 5.91 Å². The van der Waals surface area contributed by atoms with Gasteiger partial charge < -0.3 is 11.1 Å². The van der Waals surface area contributed by atoms with Gasteiger partial charge in [0.15, 0.2) is 0 Å². The number of nitrogens with two attached hydrogens (primary N) is 1. The topological polar surface area (TPSA) is 58.4 Å². The van der Waals surface area contributed by atoms with E-state index in [1.807, 2.05) is 25.1 Å². The maximum Gasteiger partial charge on any atom is 0.237 e. The largest absolute Gasteiger partial charge is 0.355 e. The van der Waals surface area contributed by atoms with Crippen LogP contribution in [0.25, 0.3) is 0 Å². The van der Waals surface area contributed by atoms with Crippen molar-refractivity contribution in [3.63, 3.8) is 0 Å². The molecule has 118 valence electrons. The van der Waals surface area contributed by atoms with Gasteiger partial charge in [-0.1, -0.05) is 43.7 Å². The second-order valence-corrected chi connectivity index (χ2v) is 5.42. The third-order valence-corrected chi connectivity index (χ3v) is 3.63. The molecule has 0 aliphatic carbocycles. The third kappa shape index (κ3) is 6.74. The first kappa shape index (κ1) is 17.7. The molecule has 0 fully saturated rings. The second-order valence-electron chi connectivity index (χ2n) is 5.42. The zero-order chi connectivity index (χ0) is 15.5. The Kier molecular flexibility index (Phi) is 8.71. The van der Waals surface area contributed by atoms with Gasteiger partial charge in [0.25, 0.3) is 0 Å². The Balaban J connectivity index is 2.60. The summed E-state index contributed by atoms with van der Waals surface area (Å²) < 4.78 is 0. The number of nitrogens with zero attached hydrogens (tertiary/aromatic N) is 1. The van der Waals surface area contributed by atoms with Gasteiger partial charge in [-0.15, -0.1) is 0 Å². The number of carbonyl (C=O) groups is 1. The van der Waals surface area contributed by atoms with Crippen molar-refractivity contribution in [3.05, 3.63) is 35.9 Å². The van der Waals surface area contributed by atoms with E-state index < -0.39 is 0 Å². The van der Waals surface area contributed by atoms with E-state index in [2.05, 4.69) is 29.3 Å². The lowest BCUT2D eigenvalue weighted by molar-refractivity contribution is -0.126. The van der Waals surface area contributed by atoms with Crippen LogP contribution >= 0.6 is 0 Å². The van der Waals surface area contributed by atoms with Crippen LogP contribution < -0.4 is 11.1 Å². The summed E-state index contributed by atoms with van der Waals surface area (Å²) in [7, 11) is 0. The summed E-state index contributed by atoms with van der Waals surface area (Å²) in [6, 6.07) is 10.1. The van der Waals surface area contributed by atoms with Crippen LogP contribution in [0.4, 0.5) is 0 Å². The van der Waals surface area contributed by atoms with E-state index in [0.717, 1.165) is 38.9 Å². The lowest BCUT2D eigenvalue weighted by Crippen LogP contribution is -2.45. The summed E-state index contributed by atoms with van der Waals surface area (Å²) in [6.45, 7) is 7.13. The summed E-state index contributed by atoms with van der Waals surface area (Å²) in [4.78, 5) is 14.4. The van der Waals surface area contributed by atoms with Crippen LogP contribution in [-0.4, -0.2) is 36.5 Å². The van der Waals surface area contributed by atoms with E-state index in [0.29, 0.717) is 6.54 Å². The summed E-state index contributed by atoms with van der Waals surface area (Å²) in [5.41, 5.74) is 6.84. The maximum absolute atomic E-state index is 12.2. The fourth-order valence-corrected chi connectivity index (χ4v) is 2.22. The van der Waals surface area contributed by atoms with Crippen LogP contribution in [0, 0.1) is 0 Å². The Bertz CT molecular complexity index is 394. The highest BCUT2D eigenvalue weighted by atomic mass is 16.2. The molecule has 3 N–H and O–H groups in total. The Morgan fingerprint density at radius 2 is 2.00 bits per heavy atom. The highest BCUT2D eigenvalue weighted by Crippen LogP contribution is 2.09. The Labute approximate surface area is 128 Å².